The van der Waals surface area contributed by atoms with Crippen molar-refractivity contribution in [1.29, 1.82) is 5.26 Å². The van der Waals surface area contributed by atoms with Crippen molar-refractivity contribution in [3.8, 4) is 6.07 Å². The van der Waals surface area contributed by atoms with Crippen molar-refractivity contribution in [3.05, 3.63) is 30.1 Å². The van der Waals surface area contributed by atoms with Crippen LogP contribution >= 0.6 is 0 Å². The Labute approximate surface area is 90.1 Å². The second-order valence-corrected chi connectivity index (χ2v) is 4.02. The molecule has 2 atom stereocenters. The number of pyridine rings is 1. The maximum Gasteiger partial charge on any atom is 0.0672 e. The molecule has 1 heterocycles. The van der Waals surface area contributed by atoms with E-state index in [2.05, 4.69) is 22.4 Å². The maximum atomic E-state index is 8.93. The average Bonchev–Trinajstić information content (AvgIpc) is 2.75. The standard InChI is InChI=1S/C12H15N3/c13-7-11-4-1-5-12(11)15-9-10-3-2-6-14-8-10/h2-3,6,8,11-12,15H,1,4-5,9H2. The molecule has 3 heteroatoms. The van der Waals surface area contributed by atoms with E-state index in [0.717, 1.165) is 19.4 Å². The molecule has 1 aliphatic carbocycles. The summed E-state index contributed by atoms with van der Waals surface area (Å²) in [6.07, 6.45) is 6.98. The molecule has 0 bridgehead atoms. The molecule has 0 aromatic carbocycles. The van der Waals surface area contributed by atoms with E-state index >= 15 is 0 Å². The number of rotatable bonds is 3. The fourth-order valence-corrected chi connectivity index (χ4v) is 2.11. The van der Waals surface area contributed by atoms with Crippen LogP contribution in [0.2, 0.25) is 0 Å². The third-order valence-corrected chi connectivity index (χ3v) is 2.97. The first-order valence-corrected chi connectivity index (χ1v) is 5.42. The molecule has 2 rings (SSSR count). The Kier molecular flexibility index (Phi) is 3.31. The van der Waals surface area contributed by atoms with Crippen LogP contribution in [0, 0.1) is 17.2 Å². The van der Waals surface area contributed by atoms with Crippen LogP contribution < -0.4 is 5.32 Å². The highest BCUT2D eigenvalue weighted by Gasteiger charge is 2.26. The van der Waals surface area contributed by atoms with E-state index in [1.165, 1.54) is 12.0 Å². The van der Waals surface area contributed by atoms with E-state index in [4.69, 9.17) is 5.26 Å². The van der Waals surface area contributed by atoms with Crippen LogP contribution in [-0.4, -0.2) is 11.0 Å². The lowest BCUT2D eigenvalue weighted by molar-refractivity contribution is 0.464. The van der Waals surface area contributed by atoms with Gasteiger partial charge in [-0.2, -0.15) is 5.26 Å². The van der Waals surface area contributed by atoms with Crippen LogP contribution in [-0.2, 0) is 6.54 Å². The molecular formula is C12H15N3. The number of nitrogens with zero attached hydrogens (tertiary/aromatic N) is 2. The normalized spacial score (nSPS) is 25.0. The Balaban J connectivity index is 1.86. The van der Waals surface area contributed by atoms with Crippen molar-refractivity contribution in [2.75, 3.05) is 0 Å². The minimum atomic E-state index is 0.196. The van der Waals surface area contributed by atoms with Crippen LogP contribution in [0.3, 0.4) is 0 Å². The molecule has 1 N–H and O–H groups in total. The van der Waals surface area contributed by atoms with Crippen LogP contribution in [0.1, 0.15) is 24.8 Å². The number of nitrogens with one attached hydrogen (secondary N) is 1. The van der Waals surface area contributed by atoms with Gasteiger partial charge in [0.05, 0.1) is 12.0 Å². The molecule has 1 aliphatic rings. The monoisotopic (exact) mass is 201 g/mol. The number of hydrogen-bond donors (Lipinski definition) is 1. The third-order valence-electron chi connectivity index (χ3n) is 2.97. The largest absolute Gasteiger partial charge is 0.309 e. The Morgan fingerprint density at radius 3 is 3.20 bits per heavy atom. The molecule has 15 heavy (non-hydrogen) atoms. The molecule has 1 aromatic heterocycles. The fraction of sp³-hybridized carbons (Fsp3) is 0.500. The van der Waals surface area contributed by atoms with E-state index in [-0.39, 0.29) is 5.92 Å². The molecule has 1 aromatic rings. The van der Waals surface area contributed by atoms with Crippen LogP contribution in [0.25, 0.3) is 0 Å². The summed E-state index contributed by atoms with van der Waals surface area (Å²) < 4.78 is 0. The number of hydrogen-bond acceptors (Lipinski definition) is 3. The summed E-state index contributed by atoms with van der Waals surface area (Å²) in [7, 11) is 0. The minimum Gasteiger partial charge on any atom is -0.309 e. The van der Waals surface area contributed by atoms with Gasteiger partial charge in [-0.05, 0) is 24.5 Å². The van der Waals surface area contributed by atoms with Crippen molar-refractivity contribution in [2.45, 2.75) is 31.8 Å². The van der Waals surface area contributed by atoms with Crippen molar-refractivity contribution in [1.82, 2.24) is 10.3 Å². The van der Waals surface area contributed by atoms with Gasteiger partial charge in [0.1, 0.15) is 0 Å². The molecule has 0 saturated heterocycles. The zero-order valence-electron chi connectivity index (χ0n) is 8.69. The summed E-state index contributed by atoms with van der Waals surface area (Å²) in [5.41, 5.74) is 1.18. The molecule has 2 unspecified atom stereocenters. The Morgan fingerprint density at radius 1 is 1.53 bits per heavy atom. The lowest BCUT2D eigenvalue weighted by Crippen LogP contribution is -2.31. The first kappa shape index (κ1) is 10.1. The minimum absolute atomic E-state index is 0.196. The molecule has 0 aliphatic heterocycles. The van der Waals surface area contributed by atoms with E-state index < -0.39 is 0 Å². The zero-order valence-corrected chi connectivity index (χ0v) is 8.69. The SMILES string of the molecule is N#CC1CCCC1NCc1cccnc1. The fourth-order valence-electron chi connectivity index (χ4n) is 2.11. The highest BCUT2D eigenvalue weighted by Crippen LogP contribution is 2.24. The highest BCUT2D eigenvalue weighted by atomic mass is 14.9. The maximum absolute atomic E-state index is 8.93. The van der Waals surface area contributed by atoms with E-state index in [1.807, 2.05) is 12.3 Å². The predicted molar refractivity (Wildman–Crippen MR) is 57.8 cm³/mol. The second kappa shape index (κ2) is 4.90. The van der Waals surface area contributed by atoms with Gasteiger partial charge in [0.15, 0.2) is 0 Å². The van der Waals surface area contributed by atoms with Crippen molar-refractivity contribution >= 4 is 0 Å². The van der Waals surface area contributed by atoms with Gasteiger partial charge in [0.25, 0.3) is 0 Å². The lowest BCUT2D eigenvalue weighted by atomic mass is 10.1. The third kappa shape index (κ3) is 2.54. The van der Waals surface area contributed by atoms with Crippen LogP contribution in [0.5, 0.6) is 0 Å². The van der Waals surface area contributed by atoms with E-state index in [9.17, 15) is 0 Å². The summed E-state index contributed by atoms with van der Waals surface area (Å²) in [5, 5.41) is 12.4. The summed E-state index contributed by atoms with van der Waals surface area (Å²) >= 11 is 0. The predicted octanol–water partition coefficient (Wildman–Crippen LogP) is 1.86. The number of nitriles is 1. The smallest absolute Gasteiger partial charge is 0.0672 e. The first-order chi connectivity index (χ1) is 7.40. The summed E-state index contributed by atoms with van der Waals surface area (Å²) in [6.45, 7) is 0.816. The van der Waals surface area contributed by atoms with Crippen LogP contribution in [0.4, 0.5) is 0 Å². The van der Waals surface area contributed by atoms with Gasteiger partial charge < -0.3 is 5.32 Å². The Hall–Kier alpha value is -1.40. The van der Waals surface area contributed by atoms with Crippen molar-refractivity contribution in [3.63, 3.8) is 0 Å². The molecule has 3 nitrogen and oxygen atoms in total. The molecule has 0 spiro atoms. The summed E-state index contributed by atoms with van der Waals surface area (Å²) in [6, 6.07) is 6.73. The van der Waals surface area contributed by atoms with Crippen LogP contribution in [0.15, 0.2) is 24.5 Å². The topological polar surface area (TPSA) is 48.7 Å². The molecule has 1 fully saturated rings. The quantitative estimate of drug-likeness (QED) is 0.812. The van der Waals surface area contributed by atoms with Crippen molar-refractivity contribution < 1.29 is 0 Å². The average molecular weight is 201 g/mol. The van der Waals surface area contributed by atoms with Crippen molar-refractivity contribution in [2.24, 2.45) is 5.92 Å². The molecule has 0 amide bonds. The van der Waals surface area contributed by atoms with E-state index in [0.29, 0.717) is 6.04 Å². The summed E-state index contributed by atoms with van der Waals surface area (Å²) in [5.74, 6) is 0.196. The molecular weight excluding hydrogens is 186 g/mol. The second-order valence-electron chi connectivity index (χ2n) is 4.02. The van der Waals surface area contributed by atoms with Gasteiger partial charge >= 0.3 is 0 Å². The molecule has 1 saturated carbocycles. The lowest BCUT2D eigenvalue weighted by Gasteiger charge is -2.15. The van der Waals surface area contributed by atoms with Gasteiger partial charge in [0, 0.05) is 25.0 Å². The van der Waals surface area contributed by atoms with Gasteiger partial charge in [-0.3, -0.25) is 4.98 Å². The highest BCUT2D eigenvalue weighted by molar-refractivity contribution is 5.08. The van der Waals surface area contributed by atoms with Gasteiger partial charge in [0.2, 0.25) is 0 Å². The van der Waals surface area contributed by atoms with Gasteiger partial charge in [-0.25, -0.2) is 0 Å². The van der Waals surface area contributed by atoms with E-state index in [1.54, 1.807) is 6.20 Å². The summed E-state index contributed by atoms with van der Waals surface area (Å²) in [4.78, 5) is 4.06. The Bertz CT molecular complexity index is 342. The Morgan fingerprint density at radius 2 is 2.47 bits per heavy atom. The number of aromatic nitrogens is 1. The van der Waals surface area contributed by atoms with Gasteiger partial charge in [-0.15, -0.1) is 0 Å². The first-order valence-electron chi connectivity index (χ1n) is 5.42. The molecule has 78 valence electrons. The van der Waals surface area contributed by atoms with Gasteiger partial charge in [-0.1, -0.05) is 12.5 Å². The zero-order chi connectivity index (χ0) is 10.5. The molecule has 0 radical (unpaired) electrons.